The van der Waals surface area contributed by atoms with Crippen molar-refractivity contribution in [2.24, 2.45) is 5.92 Å². The normalized spacial score (nSPS) is 15.2. The second-order valence-electron chi connectivity index (χ2n) is 8.56. The van der Waals surface area contributed by atoms with E-state index >= 15 is 0 Å². The van der Waals surface area contributed by atoms with Crippen molar-refractivity contribution in [3.8, 4) is 11.5 Å². The summed E-state index contributed by atoms with van der Waals surface area (Å²) in [5.74, 6) is 1.14. The molecule has 1 fully saturated rings. The molecule has 4 rings (SSSR count). The Labute approximate surface area is 200 Å². The molecule has 0 bridgehead atoms. The first-order chi connectivity index (χ1) is 16.4. The highest BCUT2D eigenvalue weighted by Gasteiger charge is 2.29. The number of rotatable bonds is 8. The summed E-state index contributed by atoms with van der Waals surface area (Å²) in [5.41, 5.74) is 0.180. The average Bonchev–Trinajstić information content (AvgIpc) is 2.86. The first kappa shape index (κ1) is 24.0. The zero-order valence-electron chi connectivity index (χ0n) is 19.5. The van der Waals surface area contributed by atoms with Gasteiger partial charge in [-0.25, -0.2) is 8.42 Å². The van der Waals surface area contributed by atoms with E-state index in [4.69, 9.17) is 9.47 Å². The quantitative estimate of drug-likeness (QED) is 0.489. The number of methoxy groups -OCH3 is 1. The highest BCUT2D eigenvalue weighted by atomic mass is 32.2. The third-order valence-corrected chi connectivity index (χ3v) is 8.07. The molecule has 3 aromatic carbocycles. The van der Waals surface area contributed by atoms with Crippen LogP contribution < -0.4 is 14.8 Å². The minimum Gasteiger partial charge on any atom is -0.496 e. The molecule has 34 heavy (non-hydrogen) atoms. The lowest BCUT2D eigenvalue weighted by Crippen LogP contribution is -2.38. The number of fused-ring (bicyclic) bond motifs is 1. The molecule has 0 atom stereocenters. The molecular weight excluding hydrogens is 452 g/mol. The standard InChI is InChI=1S/C26H30N2O5S/c1-19-11-14-28(15-12-19)34(30,31)23-9-10-25(32-2)24(18-23)26(29)27-13-16-33-22-8-7-20-5-3-4-6-21(20)17-22/h3-10,17-19H,11-16H2,1-2H3,(H,27,29). The number of ether oxygens (including phenoxy) is 2. The van der Waals surface area contributed by atoms with E-state index in [0.717, 1.165) is 29.4 Å². The number of amides is 1. The number of benzene rings is 3. The van der Waals surface area contributed by atoms with Crippen LogP contribution in [0.25, 0.3) is 10.8 Å². The van der Waals surface area contributed by atoms with E-state index in [1.54, 1.807) is 0 Å². The molecule has 1 heterocycles. The Bertz CT molecular complexity index is 1270. The summed E-state index contributed by atoms with van der Waals surface area (Å²) in [7, 11) is -2.22. The number of piperidine rings is 1. The molecule has 0 unspecified atom stereocenters. The average molecular weight is 483 g/mol. The van der Waals surface area contributed by atoms with Crippen LogP contribution in [0.3, 0.4) is 0 Å². The monoisotopic (exact) mass is 482 g/mol. The fourth-order valence-corrected chi connectivity index (χ4v) is 5.58. The van der Waals surface area contributed by atoms with Gasteiger partial charge in [-0.3, -0.25) is 4.79 Å². The van der Waals surface area contributed by atoms with Crippen molar-refractivity contribution in [2.45, 2.75) is 24.7 Å². The molecule has 180 valence electrons. The molecule has 1 N–H and O–H groups in total. The van der Waals surface area contributed by atoms with E-state index in [1.807, 2.05) is 42.5 Å². The molecule has 0 radical (unpaired) electrons. The Morgan fingerprint density at radius 3 is 2.50 bits per heavy atom. The number of nitrogens with zero attached hydrogens (tertiary/aromatic N) is 1. The maximum Gasteiger partial charge on any atom is 0.255 e. The molecule has 1 saturated heterocycles. The number of hydrogen-bond acceptors (Lipinski definition) is 5. The summed E-state index contributed by atoms with van der Waals surface area (Å²) in [4.78, 5) is 13.0. The van der Waals surface area contributed by atoms with E-state index in [9.17, 15) is 13.2 Å². The highest BCUT2D eigenvalue weighted by molar-refractivity contribution is 7.89. The van der Waals surface area contributed by atoms with Crippen molar-refractivity contribution in [1.29, 1.82) is 0 Å². The summed E-state index contributed by atoms with van der Waals surface area (Å²) in [6.45, 7) is 3.64. The van der Waals surface area contributed by atoms with Gasteiger partial charge in [-0.1, -0.05) is 37.3 Å². The fourth-order valence-electron chi connectivity index (χ4n) is 4.09. The minimum absolute atomic E-state index is 0.0976. The van der Waals surface area contributed by atoms with Gasteiger partial charge < -0.3 is 14.8 Å². The summed E-state index contributed by atoms with van der Waals surface area (Å²) in [6, 6.07) is 18.3. The third kappa shape index (κ3) is 5.34. The van der Waals surface area contributed by atoms with Crippen LogP contribution in [-0.4, -0.2) is 52.0 Å². The zero-order chi connectivity index (χ0) is 24.1. The van der Waals surface area contributed by atoms with Crippen LogP contribution in [0.4, 0.5) is 0 Å². The minimum atomic E-state index is -3.67. The molecule has 3 aromatic rings. The van der Waals surface area contributed by atoms with Gasteiger partial charge >= 0.3 is 0 Å². The second-order valence-corrected chi connectivity index (χ2v) is 10.5. The maximum absolute atomic E-state index is 13.1. The highest BCUT2D eigenvalue weighted by Crippen LogP contribution is 2.27. The van der Waals surface area contributed by atoms with Crippen molar-refractivity contribution in [2.75, 3.05) is 33.4 Å². The topological polar surface area (TPSA) is 84.9 Å². The molecule has 0 spiro atoms. The Hall–Kier alpha value is -3.10. The second kappa shape index (κ2) is 10.4. The van der Waals surface area contributed by atoms with E-state index in [1.165, 1.54) is 29.6 Å². The largest absolute Gasteiger partial charge is 0.496 e. The fraction of sp³-hybridized carbons (Fsp3) is 0.346. The van der Waals surface area contributed by atoms with Crippen LogP contribution in [0.5, 0.6) is 11.5 Å². The Balaban J connectivity index is 1.40. The van der Waals surface area contributed by atoms with Crippen LogP contribution in [-0.2, 0) is 10.0 Å². The number of hydrogen-bond donors (Lipinski definition) is 1. The predicted molar refractivity (Wildman–Crippen MR) is 132 cm³/mol. The van der Waals surface area contributed by atoms with Crippen LogP contribution >= 0.6 is 0 Å². The maximum atomic E-state index is 13.1. The van der Waals surface area contributed by atoms with Gasteiger partial charge in [-0.05, 0) is 59.9 Å². The van der Waals surface area contributed by atoms with E-state index in [0.29, 0.717) is 24.8 Å². The first-order valence-corrected chi connectivity index (χ1v) is 12.9. The van der Waals surface area contributed by atoms with Crippen molar-refractivity contribution >= 4 is 26.7 Å². The smallest absolute Gasteiger partial charge is 0.255 e. The molecule has 1 amide bonds. The van der Waals surface area contributed by atoms with Gasteiger partial charge in [0.1, 0.15) is 18.1 Å². The van der Waals surface area contributed by atoms with Gasteiger partial charge in [0.05, 0.1) is 24.1 Å². The number of carbonyl (C=O) groups is 1. The lowest BCUT2D eigenvalue weighted by Gasteiger charge is -2.29. The molecule has 0 aromatic heterocycles. The summed E-state index contributed by atoms with van der Waals surface area (Å²) < 4.78 is 38.8. The van der Waals surface area contributed by atoms with E-state index in [2.05, 4.69) is 12.2 Å². The van der Waals surface area contributed by atoms with E-state index < -0.39 is 15.9 Å². The van der Waals surface area contributed by atoms with Gasteiger partial charge in [0, 0.05) is 13.1 Å². The van der Waals surface area contributed by atoms with Crippen molar-refractivity contribution < 1.29 is 22.7 Å². The SMILES string of the molecule is COc1ccc(S(=O)(=O)N2CCC(C)CC2)cc1C(=O)NCCOc1ccc2ccccc2c1. The van der Waals surface area contributed by atoms with E-state index in [-0.39, 0.29) is 23.6 Å². The molecule has 7 nitrogen and oxygen atoms in total. The molecule has 1 aliphatic rings. The van der Waals surface area contributed by atoms with Gasteiger partial charge in [0.15, 0.2) is 0 Å². The Kier molecular flexibility index (Phi) is 7.38. The van der Waals surface area contributed by atoms with Gasteiger partial charge in [0.2, 0.25) is 10.0 Å². The first-order valence-electron chi connectivity index (χ1n) is 11.5. The number of carbonyl (C=O) groups excluding carboxylic acids is 1. The van der Waals surface area contributed by atoms with Gasteiger partial charge in [-0.2, -0.15) is 4.31 Å². The number of nitrogens with one attached hydrogen (secondary N) is 1. The van der Waals surface area contributed by atoms with Gasteiger partial charge in [0.25, 0.3) is 5.91 Å². The summed E-state index contributed by atoms with van der Waals surface area (Å²) >= 11 is 0. The van der Waals surface area contributed by atoms with Crippen LogP contribution in [0.1, 0.15) is 30.1 Å². The van der Waals surface area contributed by atoms with Crippen LogP contribution in [0, 0.1) is 5.92 Å². The number of sulfonamides is 1. The Morgan fingerprint density at radius 1 is 1.03 bits per heavy atom. The van der Waals surface area contributed by atoms with Crippen LogP contribution in [0.2, 0.25) is 0 Å². The molecule has 8 heteroatoms. The predicted octanol–water partition coefficient (Wildman–Crippen LogP) is 4.08. The Morgan fingerprint density at radius 2 is 1.76 bits per heavy atom. The third-order valence-electron chi connectivity index (χ3n) is 6.17. The van der Waals surface area contributed by atoms with Crippen LogP contribution in [0.15, 0.2) is 65.6 Å². The molecule has 1 aliphatic heterocycles. The zero-order valence-corrected chi connectivity index (χ0v) is 20.3. The lowest BCUT2D eigenvalue weighted by atomic mass is 10.0. The molecule has 0 saturated carbocycles. The van der Waals surface area contributed by atoms with Crippen molar-refractivity contribution in [1.82, 2.24) is 9.62 Å². The summed E-state index contributed by atoms with van der Waals surface area (Å²) in [6.07, 6.45) is 1.67. The van der Waals surface area contributed by atoms with Crippen molar-refractivity contribution in [3.63, 3.8) is 0 Å². The molecule has 0 aliphatic carbocycles. The van der Waals surface area contributed by atoms with Gasteiger partial charge in [-0.15, -0.1) is 0 Å². The van der Waals surface area contributed by atoms with Crippen molar-refractivity contribution in [3.05, 3.63) is 66.2 Å². The molecular formula is C26H30N2O5S. The summed E-state index contributed by atoms with van der Waals surface area (Å²) in [5, 5.41) is 5.00. The lowest BCUT2D eigenvalue weighted by molar-refractivity contribution is 0.0943.